The van der Waals surface area contributed by atoms with E-state index in [1.165, 1.54) is 4.90 Å². The van der Waals surface area contributed by atoms with Crippen LogP contribution in [0, 0.1) is 19.8 Å². The van der Waals surface area contributed by atoms with E-state index >= 15 is 0 Å². The average molecular weight is 435 g/mol. The van der Waals surface area contributed by atoms with Crippen LogP contribution in [0.25, 0.3) is 5.57 Å². The number of carbonyl (C=O) groups is 2. The number of rotatable bonds is 5. The van der Waals surface area contributed by atoms with Gasteiger partial charge in [0.1, 0.15) is 17.2 Å². The van der Waals surface area contributed by atoms with Crippen molar-refractivity contribution in [1.82, 2.24) is 4.90 Å². The van der Waals surface area contributed by atoms with E-state index in [9.17, 15) is 9.59 Å². The van der Waals surface area contributed by atoms with Crippen LogP contribution in [0.1, 0.15) is 36.5 Å². The van der Waals surface area contributed by atoms with Gasteiger partial charge >= 0.3 is 0 Å². The normalized spacial score (nSPS) is 19.1. The van der Waals surface area contributed by atoms with Crippen LogP contribution in [0.3, 0.4) is 0 Å². The van der Waals surface area contributed by atoms with Crippen LogP contribution in [0.5, 0.6) is 11.5 Å². The van der Waals surface area contributed by atoms with Gasteiger partial charge < -0.3 is 14.4 Å². The third-order valence-electron chi connectivity index (χ3n) is 6.42. The average Bonchev–Trinajstić information content (AvgIpc) is 3.05. The Morgan fingerprint density at radius 1 is 0.906 bits per heavy atom. The molecule has 0 saturated carbocycles. The molecule has 6 heteroatoms. The Morgan fingerprint density at radius 2 is 1.59 bits per heavy atom. The predicted octanol–water partition coefficient (Wildman–Crippen LogP) is 4.34. The number of methoxy groups -OCH3 is 2. The summed E-state index contributed by atoms with van der Waals surface area (Å²) in [7, 11) is 3.09. The lowest BCUT2D eigenvalue weighted by Gasteiger charge is -2.33. The molecule has 1 atom stereocenters. The van der Waals surface area contributed by atoms with Crippen LogP contribution >= 0.6 is 0 Å². The first-order valence-corrected chi connectivity index (χ1v) is 11.0. The molecule has 2 aromatic carbocycles. The highest BCUT2D eigenvalue weighted by Crippen LogP contribution is 2.39. The summed E-state index contributed by atoms with van der Waals surface area (Å²) in [5, 5.41) is 0. The van der Waals surface area contributed by atoms with Crippen molar-refractivity contribution in [2.24, 2.45) is 5.92 Å². The Labute approximate surface area is 189 Å². The van der Waals surface area contributed by atoms with Crippen molar-refractivity contribution < 1.29 is 19.1 Å². The van der Waals surface area contributed by atoms with E-state index in [1.54, 1.807) is 32.4 Å². The molecule has 4 rings (SSSR count). The fourth-order valence-corrected chi connectivity index (χ4v) is 4.52. The molecule has 2 amide bonds. The molecule has 1 unspecified atom stereocenters. The van der Waals surface area contributed by atoms with Crippen molar-refractivity contribution >= 4 is 23.1 Å². The van der Waals surface area contributed by atoms with Crippen LogP contribution in [-0.2, 0) is 9.59 Å². The first kappa shape index (κ1) is 21.9. The number of carbonyl (C=O) groups excluding carboxylic acids is 2. The standard InChI is InChI=1S/C26H30N2O4/c1-16-7-6-10-27(15-16)24-23(19-9-8-17(2)18(3)11-19)25(29)28(26(24)30)20-12-21(31-4)14-22(13-20)32-5/h8-9,11-14,16H,6-7,10,15H2,1-5H3. The second-order valence-electron chi connectivity index (χ2n) is 8.73. The summed E-state index contributed by atoms with van der Waals surface area (Å²) >= 11 is 0. The second-order valence-corrected chi connectivity index (χ2v) is 8.73. The molecular formula is C26H30N2O4. The Balaban J connectivity index is 1.86. The lowest BCUT2D eigenvalue weighted by Crippen LogP contribution is -2.39. The van der Waals surface area contributed by atoms with Gasteiger partial charge in [0.2, 0.25) is 0 Å². The van der Waals surface area contributed by atoms with E-state index in [0.717, 1.165) is 42.6 Å². The zero-order valence-electron chi connectivity index (χ0n) is 19.4. The van der Waals surface area contributed by atoms with Crippen molar-refractivity contribution in [1.29, 1.82) is 0 Å². The van der Waals surface area contributed by atoms with E-state index in [0.29, 0.717) is 34.4 Å². The molecular weight excluding hydrogens is 404 g/mol. The number of hydrogen-bond donors (Lipinski definition) is 0. The van der Waals surface area contributed by atoms with Crippen LogP contribution in [-0.4, -0.2) is 44.0 Å². The van der Waals surface area contributed by atoms with Gasteiger partial charge in [-0.3, -0.25) is 9.59 Å². The quantitative estimate of drug-likeness (QED) is 0.656. The van der Waals surface area contributed by atoms with Crippen molar-refractivity contribution in [3.8, 4) is 11.5 Å². The van der Waals surface area contributed by atoms with Gasteiger partial charge in [0.05, 0.1) is 25.5 Å². The Bertz CT molecular complexity index is 1080. The minimum atomic E-state index is -0.318. The Hall–Kier alpha value is -3.28. The van der Waals surface area contributed by atoms with Gasteiger partial charge in [0.15, 0.2) is 0 Å². The monoisotopic (exact) mass is 434 g/mol. The number of ether oxygens (including phenoxy) is 2. The summed E-state index contributed by atoms with van der Waals surface area (Å²) in [6.07, 6.45) is 2.13. The van der Waals surface area contributed by atoms with Crippen molar-refractivity contribution in [2.45, 2.75) is 33.6 Å². The summed E-state index contributed by atoms with van der Waals surface area (Å²) in [4.78, 5) is 30.9. The molecule has 1 fully saturated rings. The molecule has 6 nitrogen and oxygen atoms in total. The maximum atomic E-state index is 13.8. The van der Waals surface area contributed by atoms with E-state index < -0.39 is 0 Å². The first-order chi connectivity index (χ1) is 15.3. The highest BCUT2D eigenvalue weighted by Gasteiger charge is 2.43. The van der Waals surface area contributed by atoms with Crippen LogP contribution in [0.2, 0.25) is 0 Å². The van der Waals surface area contributed by atoms with Gasteiger partial charge in [0, 0.05) is 31.3 Å². The molecule has 2 aliphatic heterocycles. The van der Waals surface area contributed by atoms with Gasteiger partial charge in [-0.25, -0.2) is 4.90 Å². The van der Waals surface area contributed by atoms with Gasteiger partial charge in [-0.05, 0) is 49.3 Å². The zero-order valence-corrected chi connectivity index (χ0v) is 19.4. The van der Waals surface area contributed by atoms with E-state index in [-0.39, 0.29) is 11.8 Å². The largest absolute Gasteiger partial charge is 0.497 e. The molecule has 0 N–H and O–H groups in total. The minimum Gasteiger partial charge on any atom is -0.497 e. The van der Waals surface area contributed by atoms with E-state index in [1.807, 2.05) is 32.0 Å². The number of piperidine rings is 1. The van der Waals surface area contributed by atoms with E-state index in [4.69, 9.17) is 9.47 Å². The number of anilines is 1. The minimum absolute atomic E-state index is 0.298. The summed E-state index contributed by atoms with van der Waals surface area (Å²) in [6, 6.07) is 11.0. The molecule has 2 heterocycles. The molecule has 2 aliphatic rings. The third kappa shape index (κ3) is 3.85. The third-order valence-corrected chi connectivity index (χ3v) is 6.42. The molecule has 1 saturated heterocycles. The van der Waals surface area contributed by atoms with Crippen LogP contribution in [0.4, 0.5) is 5.69 Å². The lowest BCUT2D eigenvalue weighted by molar-refractivity contribution is -0.120. The molecule has 168 valence electrons. The molecule has 32 heavy (non-hydrogen) atoms. The highest BCUT2D eigenvalue weighted by atomic mass is 16.5. The second kappa shape index (κ2) is 8.69. The molecule has 0 spiro atoms. The van der Waals surface area contributed by atoms with E-state index in [2.05, 4.69) is 11.8 Å². The molecule has 0 bridgehead atoms. The number of imide groups is 1. The van der Waals surface area contributed by atoms with Crippen molar-refractivity contribution in [3.63, 3.8) is 0 Å². The van der Waals surface area contributed by atoms with Crippen LogP contribution < -0.4 is 14.4 Å². The molecule has 0 aromatic heterocycles. The Morgan fingerprint density at radius 3 is 2.19 bits per heavy atom. The smallest absolute Gasteiger partial charge is 0.282 e. The molecule has 2 aromatic rings. The molecule has 0 aliphatic carbocycles. The maximum Gasteiger partial charge on any atom is 0.282 e. The molecule has 0 radical (unpaired) electrons. The predicted molar refractivity (Wildman–Crippen MR) is 125 cm³/mol. The summed E-state index contributed by atoms with van der Waals surface area (Å²) in [5.41, 5.74) is 4.41. The topological polar surface area (TPSA) is 59.1 Å². The number of hydrogen-bond acceptors (Lipinski definition) is 5. The zero-order chi connectivity index (χ0) is 23.0. The number of likely N-dealkylation sites (tertiary alicyclic amines) is 1. The summed E-state index contributed by atoms with van der Waals surface area (Å²) < 4.78 is 10.7. The summed E-state index contributed by atoms with van der Waals surface area (Å²) in [6.45, 7) is 7.78. The number of nitrogens with zero attached hydrogens (tertiary/aromatic N) is 2. The van der Waals surface area contributed by atoms with Crippen molar-refractivity contribution in [2.75, 3.05) is 32.2 Å². The van der Waals surface area contributed by atoms with Gasteiger partial charge in [0.25, 0.3) is 11.8 Å². The number of amides is 2. The lowest BCUT2D eigenvalue weighted by atomic mass is 9.96. The SMILES string of the molecule is COc1cc(OC)cc(N2C(=O)C(c3ccc(C)c(C)c3)=C(N3CCCC(C)C3)C2=O)c1. The van der Waals surface area contributed by atoms with Gasteiger partial charge in [-0.1, -0.05) is 25.1 Å². The van der Waals surface area contributed by atoms with Crippen LogP contribution in [0.15, 0.2) is 42.1 Å². The fraction of sp³-hybridized carbons (Fsp3) is 0.385. The summed E-state index contributed by atoms with van der Waals surface area (Å²) in [5.74, 6) is 0.890. The number of aryl methyl sites for hydroxylation is 2. The number of benzene rings is 2. The van der Waals surface area contributed by atoms with Crippen molar-refractivity contribution in [3.05, 3.63) is 58.8 Å². The Kier molecular flexibility index (Phi) is 5.96. The van der Waals surface area contributed by atoms with Gasteiger partial charge in [-0.15, -0.1) is 0 Å². The first-order valence-electron chi connectivity index (χ1n) is 11.0. The maximum absolute atomic E-state index is 13.8. The fourth-order valence-electron chi connectivity index (χ4n) is 4.52. The van der Waals surface area contributed by atoms with Gasteiger partial charge in [-0.2, -0.15) is 0 Å². The highest BCUT2D eigenvalue weighted by molar-refractivity contribution is 6.45.